The predicted octanol–water partition coefficient (Wildman–Crippen LogP) is 2.57. The van der Waals surface area contributed by atoms with Gasteiger partial charge in [-0.2, -0.15) is 0 Å². The Hall–Kier alpha value is -1.26. The van der Waals surface area contributed by atoms with Crippen LogP contribution in [0.3, 0.4) is 0 Å². The summed E-state index contributed by atoms with van der Waals surface area (Å²) >= 11 is 0. The zero-order valence-electron chi connectivity index (χ0n) is 10.3. The second kappa shape index (κ2) is 4.20. The average molecular weight is 225 g/mol. The smallest absolute Gasteiger partial charge is 0.0243 e. The van der Waals surface area contributed by atoms with E-state index < -0.39 is 0 Å². The van der Waals surface area contributed by atoms with Crippen LogP contribution in [0.2, 0.25) is 0 Å². The van der Waals surface area contributed by atoms with Gasteiger partial charge in [-0.25, -0.2) is 0 Å². The standard InChI is InChI=1S/C16H19N/c1-3-6-14(17-2)16-13-10-9-11-7-4-5-8-12(11)15(13)16/h1,4-5,7-8,13-17H,6,9-10H2,2H3. The third kappa shape index (κ3) is 1.68. The number of benzene rings is 1. The van der Waals surface area contributed by atoms with Gasteiger partial charge >= 0.3 is 0 Å². The first-order valence-electron chi connectivity index (χ1n) is 6.55. The van der Waals surface area contributed by atoms with Crippen LogP contribution in [0.4, 0.5) is 0 Å². The number of rotatable bonds is 3. The first-order valence-corrected chi connectivity index (χ1v) is 6.55. The lowest BCUT2D eigenvalue weighted by atomic mass is 9.92. The lowest BCUT2D eigenvalue weighted by Gasteiger charge is -2.14. The summed E-state index contributed by atoms with van der Waals surface area (Å²) in [5.74, 6) is 5.22. The Morgan fingerprint density at radius 2 is 2.29 bits per heavy atom. The summed E-state index contributed by atoms with van der Waals surface area (Å²) in [5, 5.41) is 3.41. The first kappa shape index (κ1) is 10.9. The zero-order chi connectivity index (χ0) is 11.8. The highest BCUT2D eigenvalue weighted by Crippen LogP contribution is 2.61. The summed E-state index contributed by atoms with van der Waals surface area (Å²) in [6.45, 7) is 0. The van der Waals surface area contributed by atoms with Crippen LogP contribution in [0.5, 0.6) is 0 Å². The summed E-state index contributed by atoms with van der Waals surface area (Å²) in [5.41, 5.74) is 3.15. The minimum absolute atomic E-state index is 0.501. The van der Waals surface area contributed by atoms with Gasteiger partial charge in [0.25, 0.3) is 0 Å². The van der Waals surface area contributed by atoms with Crippen LogP contribution in [-0.4, -0.2) is 13.1 Å². The van der Waals surface area contributed by atoms with Crippen molar-refractivity contribution in [1.29, 1.82) is 0 Å². The van der Waals surface area contributed by atoms with Crippen molar-refractivity contribution in [2.75, 3.05) is 7.05 Å². The first-order chi connectivity index (χ1) is 8.36. The molecule has 1 heteroatoms. The van der Waals surface area contributed by atoms with Gasteiger partial charge in [0.2, 0.25) is 0 Å². The highest BCUT2D eigenvalue weighted by Gasteiger charge is 2.55. The highest BCUT2D eigenvalue weighted by molar-refractivity contribution is 5.40. The summed E-state index contributed by atoms with van der Waals surface area (Å²) < 4.78 is 0. The predicted molar refractivity (Wildman–Crippen MR) is 70.8 cm³/mol. The summed E-state index contributed by atoms with van der Waals surface area (Å²) in [6, 6.07) is 9.44. The molecule has 1 nitrogen and oxygen atoms in total. The molecule has 1 aromatic carbocycles. The molecule has 1 N–H and O–H groups in total. The Kier molecular flexibility index (Phi) is 2.68. The molecule has 1 saturated carbocycles. The zero-order valence-corrected chi connectivity index (χ0v) is 10.3. The summed E-state index contributed by atoms with van der Waals surface area (Å²) in [4.78, 5) is 0. The number of hydrogen-bond acceptors (Lipinski definition) is 1. The van der Waals surface area contributed by atoms with Gasteiger partial charge < -0.3 is 5.32 Å². The quantitative estimate of drug-likeness (QED) is 0.780. The van der Waals surface area contributed by atoms with Crippen molar-refractivity contribution >= 4 is 0 Å². The van der Waals surface area contributed by atoms with E-state index in [4.69, 9.17) is 6.42 Å². The molecule has 0 amide bonds. The van der Waals surface area contributed by atoms with Crippen molar-refractivity contribution in [3.8, 4) is 12.3 Å². The van der Waals surface area contributed by atoms with Gasteiger partial charge in [-0.3, -0.25) is 0 Å². The maximum Gasteiger partial charge on any atom is 0.0243 e. The molecule has 0 heterocycles. The van der Waals surface area contributed by atoms with Crippen molar-refractivity contribution < 1.29 is 0 Å². The van der Waals surface area contributed by atoms with E-state index in [1.165, 1.54) is 12.8 Å². The second-order valence-electron chi connectivity index (χ2n) is 5.31. The fraction of sp³-hybridized carbons (Fsp3) is 0.500. The van der Waals surface area contributed by atoms with Crippen LogP contribution in [0.1, 0.15) is 29.9 Å². The van der Waals surface area contributed by atoms with Gasteiger partial charge in [0, 0.05) is 12.5 Å². The number of nitrogens with one attached hydrogen (secondary N) is 1. The number of terminal acetylenes is 1. The Morgan fingerprint density at radius 3 is 3.06 bits per heavy atom. The van der Waals surface area contributed by atoms with E-state index in [1.54, 1.807) is 11.1 Å². The lowest BCUT2D eigenvalue weighted by molar-refractivity contribution is 0.475. The monoisotopic (exact) mass is 225 g/mol. The average Bonchev–Trinajstić information content (AvgIpc) is 3.10. The third-order valence-corrected chi connectivity index (χ3v) is 4.56. The molecule has 0 bridgehead atoms. The van der Waals surface area contributed by atoms with Crippen molar-refractivity contribution in [3.63, 3.8) is 0 Å². The molecule has 0 aliphatic heterocycles. The summed E-state index contributed by atoms with van der Waals surface area (Å²) in [7, 11) is 2.04. The van der Waals surface area contributed by atoms with E-state index in [1.807, 2.05) is 7.05 Å². The normalized spacial score (nSPS) is 30.9. The maximum absolute atomic E-state index is 5.46. The summed E-state index contributed by atoms with van der Waals surface area (Å²) in [6.07, 6.45) is 8.91. The highest BCUT2D eigenvalue weighted by atomic mass is 14.9. The maximum atomic E-state index is 5.46. The molecule has 3 rings (SSSR count). The molecule has 0 aromatic heterocycles. The van der Waals surface area contributed by atoms with Crippen LogP contribution >= 0.6 is 0 Å². The molecule has 1 aromatic rings. The van der Waals surface area contributed by atoms with E-state index in [0.29, 0.717) is 6.04 Å². The van der Waals surface area contributed by atoms with Crippen molar-refractivity contribution in [2.45, 2.75) is 31.2 Å². The van der Waals surface area contributed by atoms with E-state index in [9.17, 15) is 0 Å². The van der Waals surface area contributed by atoms with Gasteiger partial charge in [-0.05, 0) is 48.8 Å². The van der Waals surface area contributed by atoms with Crippen LogP contribution in [0.25, 0.3) is 0 Å². The SMILES string of the molecule is C#CCC(NC)C1C2CCc3ccccc3C21. The molecule has 0 saturated heterocycles. The van der Waals surface area contributed by atoms with Crippen molar-refractivity contribution in [2.24, 2.45) is 11.8 Å². The Bertz CT molecular complexity index is 457. The van der Waals surface area contributed by atoms with Gasteiger partial charge in [0.05, 0.1) is 0 Å². The molecule has 4 unspecified atom stereocenters. The van der Waals surface area contributed by atoms with Crippen LogP contribution < -0.4 is 5.32 Å². The van der Waals surface area contributed by atoms with E-state index in [2.05, 4.69) is 35.5 Å². The van der Waals surface area contributed by atoms with Crippen LogP contribution in [0, 0.1) is 24.2 Å². The lowest BCUT2D eigenvalue weighted by Crippen LogP contribution is -2.28. The molecule has 1 fully saturated rings. The Morgan fingerprint density at radius 1 is 1.47 bits per heavy atom. The fourth-order valence-electron chi connectivity index (χ4n) is 3.73. The van der Waals surface area contributed by atoms with Crippen molar-refractivity contribution in [1.82, 2.24) is 5.32 Å². The minimum Gasteiger partial charge on any atom is -0.316 e. The minimum atomic E-state index is 0.501. The molecule has 2 aliphatic rings. The number of fused-ring (bicyclic) bond motifs is 3. The van der Waals surface area contributed by atoms with Crippen LogP contribution in [0.15, 0.2) is 24.3 Å². The Balaban J connectivity index is 1.84. The fourth-order valence-corrected chi connectivity index (χ4v) is 3.73. The Labute approximate surface area is 104 Å². The molecular weight excluding hydrogens is 206 g/mol. The van der Waals surface area contributed by atoms with Gasteiger partial charge in [-0.1, -0.05) is 24.3 Å². The number of aryl methyl sites for hydroxylation is 1. The second-order valence-corrected chi connectivity index (χ2v) is 5.31. The van der Waals surface area contributed by atoms with E-state index >= 15 is 0 Å². The molecule has 88 valence electrons. The molecular formula is C16H19N. The molecule has 0 radical (unpaired) electrons. The topological polar surface area (TPSA) is 12.0 Å². The molecule has 2 aliphatic carbocycles. The molecule has 0 spiro atoms. The number of hydrogen-bond donors (Lipinski definition) is 1. The largest absolute Gasteiger partial charge is 0.316 e. The van der Waals surface area contributed by atoms with E-state index in [0.717, 1.165) is 24.2 Å². The van der Waals surface area contributed by atoms with E-state index in [-0.39, 0.29) is 0 Å². The molecule has 4 atom stereocenters. The molecule has 17 heavy (non-hydrogen) atoms. The van der Waals surface area contributed by atoms with Gasteiger partial charge in [0.15, 0.2) is 0 Å². The van der Waals surface area contributed by atoms with Gasteiger partial charge in [-0.15, -0.1) is 12.3 Å². The third-order valence-electron chi connectivity index (χ3n) is 4.56. The van der Waals surface area contributed by atoms with Gasteiger partial charge in [0.1, 0.15) is 0 Å². The van der Waals surface area contributed by atoms with Crippen molar-refractivity contribution in [3.05, 3.63) is 35.4 Å². The van der Waals surface area contributed by atoms with Crippen LogP contribution in [-0.2, 0) is 6.42 Å².